The summed E-state index contributed by atoms with van der Waals surface area (Å²) in [7, 11) is 0. The van der Waals surface area contributed by atoms with Crippen LogP contribution in [-0.4, -0.2) is 15.4 Å². The van der Waals surface area contributed by atoms with Crippen molar-refractivity contribution in [3.8, 4) is 28.3 Å². The molecule has 5 nitrogen and oxygen atoms in total. The van der Waals surface area contributed by atoms with E-state index in [4.69, 9.17) is 19.5 Å². The third-order valence-electron chi connectivity index (χ3n) is 11.1. The van der Waals surface area contributed by atoms with E-state index >= 15 is 0 Å². The fourth-order valence-corrected chi connectivity index (χ4v) is 8.64. The highest BCUT2D eigenvalue weighted by molar-refractivity contribution is 6.10. The Kier molecular flexibility index (Phi) is 5.95. The van der Waals surface area contributed by atoms with Gasteiger partial charge in [0.25, 0.3) is 0 Å². The van der Waals surface area contributed by atoms with Gasteiger partial charge in [-0.2, -0.15) is 0 Å². The molecule has 0 bridgehead atoms. The maximum atomic E-state index is 6.81. The summed E-state index contributed by atoms with van der Waals surface area (Å²) < 4.78 is 15.9. The maximum Gasteiger partial charge on any atom is 0.217 e. The number of ether oxygens (including phenoxy) is 2. The molecule has 5 aromatic carbocycles. The van der Waals surface area contributed by atoms with Crippen molar-refractivity contribution in [2.24, 2.45) is 4.99 Å². The zero-order chi connectivity index (χ0) is 34.1. The summed E-state index contributed by atoms with van der Waals surface area (Å²) in [6, 6.07) is 34.9. The Labute approximate surface area is 291 Å². The summed E-state index contributed by atoms with van der Waals surface area (Å²) in [6.45, 7) is 13.2. The molecule has 2 aliphatic heterocycles. The second-order valence-corrected chi connectivity index (χ2v) is 14.9. The summed E-state index contributed by atoms with van der Waals surface area (Å²) in [6.07, 6.45) is 1.71. The lowest BCUT2D eigenvalue weighted by atomic mass is 9.74. The number of aryl methyl sites for hydroxylation is 4. The van der Waals surface area contributed by atoms with Crippen molar-refractivity contribution in [3.63, 3.8) is 0 Å². The minimum Gasteiger partial charge on any atom is -0.467 e. The van der Waals surface area contributed by atoms with Gasteiger partial charge in [-0.1, -0.05) is 79.6 Å². The Balaban J connectivity index is 1.06. The molecule has 0 fully saturated rings. The molecule has 244 valence electrons. The standard InChI is InChI=1S/C45H37N3O2/c1-24-12-14-30-34(19-24)35-20-25(2)13-15-32(35)42-40(30)47-44(50-42)28-17-26(3)18-29(22-28)49-39-23-38-37(21-27(39)4)45(5,6)36-11-7-9-31-33-10-8-16-46-43(33)48(38)41(31)36/h7-23,40,42H,1-6H3/t40-,42+/m1/s1. The van der Waals surface area contributed by atoms with Crippen molar-refractivity contribution >= 4 is 27.8 Å². The fraction of sp³-hybridized carbons (Fsp3) is 0.200. The normalized spacial score (nSPS) is 17.8. The predicted molar refractivity (Wildman–Crippen MR) is 201 cm³/mol. The molecule has 5 heteroatoms. The maximum absolute atomic E-state index is 6.81. The molecule has 0 amide bonds. The predicted octanol–water partition coefficient (Wildman–Crippen LogP) is 11.1. The second kappa shape index (κ2) is 10.2. The molecule has 7 aromatic rings. The van der Waals surface area contributed by atoms with Crippen molar-refractivity contribution in [1.29, 1.82) is 0 Å². The van der Waals surface area contributed by atoms with Gasteiger partial charge < -0.3 is 9.47 Å². The van der Waals surface area contributed by atoms with Gasteiger partial charge in [-0.15, -0.1) is 0 Å². The highest BCUT2D eigenvalue weighted by Gasteiger charge is 2.41. The second-order valence-electron chi connectivity index (χ2n) is 14.9. The molecule has 4 heterocycles. The third kappa shape index (κ3) is 4.07. The first-order valence-corrected chi connectivity index (χ1v) is 17.5. The van der Waals surface area contributed by atoms with Crippen molar-refractivity contribution < 1.29 is 9.47 Å². The van der Waals surface area contributed by atoms with Gasteiger partial charge >= 0.3 is 0 Å². The van der Waals surface area contributed by atoms with Gasteiger partial charge in [0.2, 0.25) is 5.90 Å². The quantitative estimate of drug-likeness (QED) is 0.191. The molecule has 0 spiro atoms. The Morgan fingerprint density at radius 1 is 0.720 bits per heavy atom. The Hall–Kier alpha value is -5.68. The molecule has 50 heavy (non-hydrogen) atoms. The number of aliphatic imine (C=N–C) groups is 1. The summed E-state index contributed by atoms with van der Waals surface area (Å²) in [5.74, 6) is 2.23. The van der Waals surface area contributed by atoms with Gasteiger partial charge in [-0.3, -0.25) is 4.57 Å². The van der Waals surface area contributed by atoms with E-state index in [0.717, 1.165) is 44.9 Å². The van der Waals surface area contributed by atoms with Gasteiger partial charge in [-0.05, 0) is 103 Å². The average molecular weight is 652 g/mol. The monoisotopic (exact) mass is 651 g/mol. The van der Waals surface area contributed by atoms with Crippen molar-refractivity contribution in [2.45, 2.75) is 59.1 Å². The lowest BCUT2D eigenvalue weighted by molar-refractivity contribution is 0.195. The number of pyridine rings is 1. The number of rotatable bonds is 3. The van der Waals surface area contributed by atoms with E-state index in [1.165, 1.54) is 55.4 Å². The number of fused-ring (bicyclic) bond motifs is 11. The van der Waals surface area contributed by atoms with Crippen molar-refractivity contribution in [3.05, 3.63) is 153 Å². The zero-order valence-corrected chi connectivity index (χ0v) is 29.1. The third-order valence-corrected chi connectivity index (χ3v) is 11.1. The van der Waals surface area contributed by atoms with E-state index in [9.17, 15) is 0 Å². The van der Waals surface area contributed by atoms with Crippen molar-refractivity contribution in [1.82, 2.24) is 9.55 Å². The SMILES string of the molecule is Cc1cc(Oc2cc3c(cc2C)C(C)(C)c2cccc4c5cccnc5n-3c24)cc(C2=N[C@@H]3c4ccc(C)cc4-c4cc(C)ccc4[C@@H]3O2)c1. The molecule has 0 N–H and O–H groups in total. The largest absolute Gasteiger partial charge is 0.467 e. The first-order chi connectivity index (χ1) is 24.2. The molecule has 0 saturated carbocycles. The zero-order valence-electron chi connectivity index (χ0n) is 29.1. The minimum absolute atomic E-state index is 0.100. The van der Waals surface area contributed by atoms with Gasteiger partial charge in [0, 0.05) is 39.6 Å². The molecule has 2 aromatic heterocycles. The molecular weight excluding hydrogens is 615 g/mol. The van der Waals surface area contributed by atoms with Crippen molar-refractivity contribution in [2.75, 3.05) is 0 Å². The first-order valence-electron chi connectivity index (χ1n) is 17.5. The number of hydrogen-bond donors (Lipinski definition) is 0. The van der Waals surface area contributed by atoms with Crippen LogP contribution in [0.5, 0.6) is 11.5 Å². The highest BCUT2D eigenvalue weighted by atomic mass is 16.5. The number of aromatic nitrogens is 2. The molecule has 10 rings (SSSR count). The van der Waals surface area contributed by atoms with Gasteiger partial charge in [-0.25, -0.2) is 9.98 Å². The molecule has 0 unspecified atom stereocenters. The fourth-order valence-electron chi connectivity index (χ4n) is 8.64. The van der Waals surface area contributed by atoms with E-state index in [1.54, 1.807) is 0 Å². The summed E-state index contributed by atoms with van der Waals surface area (Å²) in [5.41, 5.74) is 16.1. The summed E-state index contributed by atoms with van der Waals surface area (Å²) in [4.78, 5) is 10.1. The number of para-hydroxylation sites is 1. The van der Waals surface area contributed by atoms with Crippen LogP contribution in [-0.2, 0) is 10.2 Å². The highest BCUT2D eigenvalue weighted by Crippen LogP contribution is 2.52. The van der Waals surface area contributed by atoms with Crippen LogP contribution in [0.2, 0.25) is 0 Å². The lowest BCUT2D eigenvalue weighted by Crippen LogP contribution is -2.26. The van der Waals surface area contributed by atoms with Crippen LogP contribution in [0.4, 0.5) is 0 Å². The molecule has 2 atom stereocenters. The van der Waals surface area contributed by atoms with E-state index in [-0.39, 0.29) is 17.6 Å². The van der Waals surface area contributed by atoms with Gasteiger partial charge in [0.1, 0.15) is 23.2 Å². The lowest BCUT2D eigenvalue weighted by Gasteiger charge is -2.35. The number of hydrogen-bond acceptors (Lipinski definition) is 4. The van der Waals surface area contributed by atoms with E-state index < -0.39 is 0 Å². The van der Waals surface area contributed by atoms with Gasteiger partial charge in [0.15, 0.2) is 6.10 Å². The smallest absolute Gasteiger partial charge is 0.217 e. The number of benzene rings is 5. The summed E-state index contributed by atoms with van der Waals surface area (Å²) in [5, 5.41) is 2.39. The van der Waals surface area contributed by atoms with E-state index in [1.807, 2.05) is 12.3 Å². The summed E-state index contributed by atoms with van der Waals surface area (Å²) >= 11 is 0. The van der Waals surface area contributed by atoms with Crippen LogP contribution in [0, 0.1) is 27.7 Å². The minimum atomic E-state index is -0.192. The van der Waals surface area contributed by atoms with Crippen LogP contribution < -0.4 is 4.74 Å². The van der Waals surface area contributed by atoms with Gasteiger partial charge in [0.05, 0.1) is 11.2 Å². The Morgan fingerprint density at radius 3 is 2.30 bits per heavy atom. The van der Waals surface area contributed by atoms with Crippen LogP contribution in [0.15, 0.2) is 108 Å². The number of nitrogens with zero attached hydrogens (tertiary/aromatic N) is 3. The van der Waals surface area contributed by atoms with Crippen LogP contribution in [0.1, 0.15) is 76.1 Å². The Bertz CT molecular complexity index is 2640. The Morgan fingerprint density at radius 2 is 1.48 bits per heavy atom. The van der Waals surface area contributed by atoms with E-state index in [0.29, 0.717) is 5.90 Å². The van der Waals surface area contributed by atoms with E-state index in [2.05, 4.69) is 137 Å². The first kappa shape index (κ1) is 29.3. The topological polar surface area (TPSA) is 48.6 Å². The van der Waals surface area contributed by atoms with Crippen LogP contribution in [0.25, 0.3) is 38.8 Å². The average Bonchev–Trinajstić information content (AvgIpc) is 3.69. The van der Waals surface area contributed by atoms with Crippen LogP contribution >= 0.6 is 0 Å². The molecular formula is C45H37N3O2. The molecule has 1 aliphatic carbocycles. The molecule has 0 radical (unpaired) electrons. The molecule has 0 saturated heterocycles. The molecule has 3 aliphatic rings. The van der Waals surface area contributed by atoms with Crippen LogP contribution in [0.3, 0.4) is 0 Å².